The van der Waals surface area contributed by atoms with Crippen LogP contribution in [0.2, 0.25) is 0 Å². The maximum Gasteiger partial charge on any atom is 0.243 e. The molecule has 2 saturated heterocycles. The highest BCUT2D eigenvalue weighted by Crippen LogP contribution is 2.32. The summed E-state index contributed by atoms with van der Waals surface area (Å²) in [5.74, 6) is 0.208. The first-order valence-corrected chi connectivity index (χ1v) is 14.8. The highest BCUT2D eigenvalue weighted by atomic mass is 32.2. The van der Waals surface area contributed by atoms with Gasteiger partial charge in [0.05, 0.1) is 22.9 Å². The normalized spacial score (nSPS) is 26.2. The van der Waals surface area contributed by atoms with Gasteiger partial charge >= 0.3 is 0 Å². The van der Waals surface area contributed by atoms with Crippen LogP contribution in [0.1, 0.15) is 36.8 Å². The highest BCUT2D eigenvalue weighted by Gasteiger charge is 2.42. The molecule has 5 rings (SSSR count). The molecule has 32 heavy (non-hydrogen) atoms. The van der Waals surface area contributed by atoms with Crippen LogP contribution in [0.3, 0.4) is 0 Å². The van der Waals surface area contributed by atoms with Crippen molar-refractivity contribution in [3.63, 3.8) is 0 Å². The summed E-state index contributed by atoms with van der Waals surface area (Å²) in [7, 11) is -6.58. The van der Waals surface area contributed by atoms with Crippen molar-refractivity contribution in [2.45, 2.75) is 55.5 Å². The van der Waals surface area contributed by atoms with Gasteiger partial charge in [-0.3, -0.25) is 9.69 Å². The zero-order valence-electron chi connectivity index (χ0n) is 18.3. The average molecular weight is 482 g/mol. The molecule has 10 heteroatoms. The molecule has 2 heterocycles. The summed E-state index contributed by atoms with van der Waals surface area (Å²) in [5, 5.41) is 0. The highest BCUT2D eigenvalue weighted by molar-refractivity contribution is 7.91. The Morgan fingerprint density at radius 3 is 2.38 bits per heavy atom. The minimum atomic E-state index is -3.54. The number of amides is 1. The van der Waals surface area contributed by atoms with Gasteiger partial charge in [-0.25, -0.2) is 16.8 Å². The zero-order valence-corrected chi connectivity index (χ0v) is 19.9. The summed E-state index contributed by atoms with van der Waals surface area (Å²) in [5.41, 5.74) is 2.40. The van der Waals surface area contributed by atoms with E-state index in [1.807, 2.05) is 21.9 Å². The molecule has 0 spiro atoms. The van der Waals surface area contributed by atoms with Crippen LogP contribution in [-0.4, -0.2) is 93.2 Å². The lowest BCUT2D eigenvalue weighted by Gasteiger charge is -2.36. The maximum atomic E-state index is 13.1. The van der Waals surface area contributed by atoms with Crippen LogP contribution in [0.15, 0.2) is 23.1 Å². The van der Waals surface area contributed by atoms with Crippen molar-refractivity contribution in [3.05, 3.63) is 29.3 Å². The number of sulfonamides is 1. The van der Waals surface area contributed by atoms with Crippen molar-refractivity contribution in [2.75, 3.05) is 44.2 Å². The fraction of sp³-hybridized carbons (Fsp3) is 0.682. The lowest BCUT2D eigenvalue weighted by molar-refractivity contribution is -0.135. The van der Waals surface area contributed by atoms with Gasteiger partial charge in [0.15, 0.2) is 9.84 Å². The van der Waals surface area contributed by atoms with Crippen LogP contribution >= 0.6 is 0 Å². The molecule has 4 aliphatic rings. The van der Waals surface area contributed by atoms with Crippen LogP contribution in [-0.2, 0) is 37.5 Å². The smallest absolute Gasteiger partial charge is 0.243 e. The summed E-state index contributed by atoms with van der Waals surface area (Å²) in [4.78, 5) is 17.2. The van der Waals surface area contributed by atoms with E-state index in [0.29, 0.717) is 37.5 Å². The predicted molar refractivity (Wildman–Crippen MR) is 121 cm³/mol. The number of carbonyl (C=O) groups excluding carboxylic acids is 1. The Labute approximate surface area is 190 Å². The minimum Gasteiger partial charge on any atom is -0.335 e. The van der Waals surface area contributed by atoms with Crippen LogP contribution < -0.4 is 0 Å². The summed E-state index contributed by atoms with van der Waals surface area (Å²) in [6.07, 6.45) is 5.44. The molecule has 176 valence electrons. The van der Waals surface area contributed by atoms with E-state index in [4.69, 9.17) is 0 Å². The number of fused-ring (bicyclic) bond motifs is 1. The molecule has 8 nitrogen and oxygen atoms in total. The van der Waals surface area contributed by atoms with E-state index in [0.717, 1.165) is 37.7 Å². The second kappa shape index (κ2) is 8.38. The van der Waals surface area contributed by atoms with Gasteiger partial charge in [-0.1, -0.05) is 6.07 Å². The minimum absolute atomic E-state index is 0.0236. The predicted octanol–water partition coefficient (Wildman–Crippen LogP) is 0.660. The Morgan fingerprint density at radius 1 is 1.00 bits per heavy atom. The SMILES string of the molecule is O=C(CN1CCN(S(=O)(=O)c2ccc3c(c2)CCC3)CC1)N(C1CC1)[C@@H]1CCS(=O)(=O)C1. The fourth-order valence-corrected chi connectivity index (χ4v) is 8.50. The van der Waals surface area contributed by atoms with E-state index in [-0.39, 0.29) is 36.0 Å². The van der Waals surface area contributed by atoms with Gasteiger partial charge in [0.1, 0.15) is 0 Å². The van der Waals surface area contributed by atoms with Gasteiger partial charge < -0.3 is 4.90 Å². The molecule has 0 N–H and O–H groups in total. The first-order valence-electron chi connectivity index (χ1n) is 11.6. The van der Waals surface area contributed by atoms with Crippen molar-refractivity contribution in [1.29, 1.82) is 0 Å². The second-order valence-corrected chi connectivity index (χ2v) is 13.7. The maximum absolute atomic E-state index is 13.1. The quantitative estimate of drug-likeness (QED) is 0.593. The number of rotatable bonds is 6. The van der Waals surface area contributed by atoms with Gasteiger partial charge in [0, 0.05) is 38.3 Å². The molecule has 0 aromatic heterocycles. The Hall–Kier alpha value is -1.49. The van der Waals surface area contributed by atoms with E-state index < -0.39 is 19.9 Å². The molecule has 1 aromatic rings. The number of benzene rings is 1. The summed E-state index contributed by atoms with van der Waals surface area (Å²) in [6, 6.07) is 5.46. The Bertz CT molecular complexity index is 1110. The molecule has 2 aliphatic heterocycles. The van der Waals surface area contributed by atoms with Gasteiger partial charge in [0.2, 0.25) is 15.9 Å². The van der Waals surface area contributed by atoms with E-state index >= 15 is 0 Å². The topological polar surface area (TPSA) is 95.1 Å². The Balaban J connectivity index is 1.20. The van der Waals surface area contributed by atoms with E-state index in [1.54, 1.807) is 6.07 Å². The van der Waals surface area contributed by atoms with Crippen molar-refractivity contribution >= 4 is 25.8 Å². The molecule has 2 aliphatic carbocycles. The first kappa shape index (κ1) is 22.3. The molecule has 0 radical (unpaired) electrons. The lowest BCUT2D eigenvalue weighted by atomic mass is 10.1. The zero-order chi connectivity index (χ0) is 22.5. The van der Waals surface area contributed by atoms with Gasteiger partial charge in [-0.05, 0) is 61.8 Å². The lowest BCUT2D eigenvalue weighted by Crippen LogP contribution is -2.53. The van der Waals surface area contributed by atoms with Crippen molar-refractivity contribution in [1.82, 2.24) is 14.1 Å². The van der Waals surface area contributed by atoms with E-state index in [2.05, 4.69) is 0 Å². The third-order valence-corrected chi connectivity index (χ3v) is 10.9. The van der Waals surface area contributed by atoms with Gasteiger partial charge in [-0.2, -0.15) is 4.31 Å². The van der Waals surface area contributed by atoms with Crippen LogP contribution in [0.4, 0.5) is 0 Å². The molecular weight excluding hydrogens is 450 g/mol. The largest absolute Gasteiger partial charge is 0.335 e. The molecular formula is C22H31N3O5S2. The Morgan fingerprint density at radius 2 is 1.72 bits per heavy atom. The summed E-state index contributed by atoms with van der Waals surface area (Å²) >= 11 is 0. The van der Waals surface area contributed by atoms with Crippen molar-refractivity contribution < 1.29 is 21.6 Å². The number of hydrogen-bond acceptors (Lipinski definition) is 6. The molecule has 0 bridgehead atoms. The molecule has 1 atom stereocenters. The van der Waals surface area contributed by atoms with Gasteiger partial charge in [0.25, 0.3) is 0 Å². The number of sulfone groups is 1. The monoisotopic (exact) mass is 481 g/mol. The number of nitrogens with zero attached hydrogens (tertiary/aromatic N) is 3. The average Bonchev–Trinajstić information content (AvgIpc) is 3.35. The van der Waals surface area contributed by atoms with Crippen LogP contribution in [0.5, 0.6) is 0 Å². The van der Waals surface area contributed by atoms with Crippen molar-refractivity contribution in [2.24, 2.45) is 0 Å². The molecule has 0 unspecified atom stereocenters. The molecule has 1 saturated carbocycles. The van der Waals surface area contributed by atoms with Gasteiger partial charge in [-0.15, -0.1) is 0 Å². The van der Waals surface area contributed by atoms with Crippen molar-refractivity contribution in [3.8, 4) is 0 Å². The van der Waals surface area contributed by atoms with Crippen LogP contribution in [0, 0.1) is 0 Å². The number of hydrogen-bond donors (Lipinski definition) is 0. The molecule has 3 fully saturated rings. The summed E-state index contributed by atoms with van der Waals surface area (Å²) in [6.45, 7) is 1.93. The third kappa shape index (κ3) is 4.47. The fourth-order valence-electron chi connectivity index (χ4n) is 5.31. The van der Waals surface area contributed by atoms with E-state index in [1.165, 1.54) is 9.87 Å². The molecule has 1 aromatic carbocycles. The number of carbonyl (C=O) groups is 1. The first-order chi connectivity index (χ1) is 15.2. The van der Waals surface area contributed by atoms with Crippen LogP contribution in [0.25, 0.3) is 0 Å². The summed E-state index contributed by atoms with van der Waals surface area (Å²) < 4.78 is 51.6. The molecule has 1 amide bonds. The third-order valence-electron chi connectivity index (χ3n) is 7.23. The Kier molecular flexibility index (Phi) is 5.84. The number of aryl methyl sites for hydroxylation is 2. The van der Waals surface area contributed by atoms with E-state index in [9.17, 15) is 21.6 Å². The number of piperazine rings is 1. The second-order valence-electron chi connectivity index (χ2n) is 9.55. The standard InChI is InChI=1S/C22H31N3O5S2/c26-22(25(19-5-6-19)20-8-13-31(27,28)16-20)15-23-9-11-24(12-10-23)32(29,30)21-7-4-17-2-1-3-18(17)14-21/h4,7,14,19-20H,1-3,5-6,8-13,15-16H2/t20-/m1/s1.